The third-order valence-electron chi connectivity index (χ3n) is 6.81. The maximum absolute atomic E-state index is 13.6. The topological polar surface area (TPSA) is 49.9 Å². The van der Waals surface area contributed by atoms with Crippen LogP contribution in [0.5, 0.6) is 5.75 Å². The first kappa shape index (κ1) is 22.2. The molecule has 1 saturated heterocycles. The molecule has 5 rings (SSSR count). The van der Waals surface area contributed by atoms with Gasteiger partial charge in [0.25, 0.3) is 11.8 Å². The van der Waals surface area contributed by atoms with Crippen LogP contribution < -0.4 is 4.74 Å². The van der Waals surface area contributed by atoms with Crippen LogP contribution in [0.2, 0.25) is 0 Å². The molecule has 0 N–H and O–H groups in total. The van der Waals surface area contributed by atoms with Gasteiger partial charge in [0.2, 0.25) is 0 Å². The van der Waals surface area contributed by atoms with Gasteiger partial charge in [0, 0.05) is 25.2 Å². The summed E-state index contributed by atoms with van der Waals surface area (Å²) < 4.78 is 5.94. The summed E-state index contributed by atoms with van der Waals surface area (Å²) in [6.07, 6.45) is 2.91. The largest absolute Gasteiger partial charge is 0.484 e. The van der Waals surface area contributed by atoms with Crippen LogP contribution in [0.15, 0.2) is 72.8 Å². The summed E-state index contributed by atoms with van der Waals surface area (Å²) in [4.78, 5) is 29.9. The van der Waals surface area contributed by atoms with Gasteiger partial charge in [-0.25, -0.2) is 0 Å². The Bertz CT molecular complexity index is 1180. The molecular formula is C29H30N2O3. The van der Waals surface area contributed by atoms with Crippen molar-refractivity contribution in [3.05, 3.63) is 101 Å². The number of carbonyl (C=O) groups excluding carboxylic acids is 2. The van der Waals surface area contributed by atoms with Gasteiger partial charge >= 0.3 is 0 Å². The Balaban J connectivity index is 1.47. The number of fused-ring (bicyclic) bond motifs is 1. The molecule has 2 aliphatic heterocycles. The van der Waals surface area contributed by atoms with Gasteiger partial charge in [0.05, 0.1) is 6.04 Å². The van der Waals surface area contributed by atoms with Gasteiger partial charge in [0.15, 0.2) is 6.61 Å². The van der Waals surface area contributed by atoms with Crippen molar-refractivity contribution in [2.24, 2.45) is 0 Å². The van der Waals surface area contributed by atoms with E-state index in [1.807, 2.05) is 58.3 Å². The number of ether oxygens (including phenoxy) is 1. The van der Waals surface area contributed by atoms with Crippen LogP contribution in [-0.2, 0) is 11.2 Å². The number of benzene rings is 3. The first-order chi connectivity index (χ1) is 16.6. The molecule has 2 aliphatic rings. The number of likely N-dealkylation sites (tertiary alicyclic amines) is 1. The van der Waals surface area contributed by atoms with Crippen molar-refractivity contribution >= 4 is 11.8 Å². The van der Waals surface area contributed by atoms with Crippen LogP contribution in [0.3, 0.4) is 0 Å². The first-order valence-electron chi connectivity index (χ1n) is 12.1. The van der Waals surface area contributed by atoms with Crippen molar-refractivity contribution in [3.8, 4) is 5.75 Å². The smallest absolute Gasteiger partial charge is 0.260 e. The molecule has 0 spiro atoms. The number of rotatable bonds is 5. The Morgan fingerprint density at radius 2 is 1.71 bits per heavy atom. The molecule has 174 valence electrons. The van der Waals surface area contributed by atoms with Crippen LogP contribution in [0.1, 0.15) is 51.5 Å². The van der Waals surface area contributed by atoms with E-state index >= 15 is 0 Å². The van der Waals surface area contributed by atoms with E-state index in [4.69, 9.17) is 4.74 Å². The van der Waals surface area contributed by atoms with Gasteiger partial charge < -0.3 is 14.5 Å². The molecule has 5 heteroatoms. The summed E-state index contributed by atoms with van der Waals surface area (Å²) in [5, 5.41) is 0. The van der Waals surface area contributed by atoms with E-state index in [0.29, 0.717) is 17.9 Å². The molecule has 3 aromatic rings. The maximum Gasteiger partial charge on any atom is 0.260 e. The molecule has 2 amide bonds. The number of hydrogen-bond donors (Lipinski definition) is 0. The monoisotopic (exact) mass is 454 g/mol. The number of nitrogens with zero attached hydrogens (tertiary/aromatic N) is 2. The predicted molar refractivity (Wildman–Crippen MR) is 132 cm³/mol. The molecule has 3 aromatic carbocycles. The quantitative estimate of drug-likeness (QED) is 0.557. The molecule has 1 fully saturated rings. The second-order valence-corrected chi connectivity index (χ2v) is 9.17. The second-order valence-electron chi connectivity index (χ2n) is 9.17. The molecule has 0 aromatic heterocycles. The highest BCUT2D eigenvalue weighted by atomic mass is 16.5. The van der Waals surface area contributed by atoms with Gasteiger partial charge in [-0.15, -0.1) is 0 Å². The zero-order valence-corrected chi connectivity index (χ0v) is 19.6. The highest BCUT2D eigenvalue weighted by Gasteiger charge is 2.33. The lowest BCUT2D eigenvalue weighted by Gasteiger charge is -2.38. The maximum atomic E-state index is 13.6. The third-order valence-corrected chi connectivity index (χ3v) is 6.81. The average molecular weight is 455 g/mol. The van der Waals surface area contributed by atoms with E-state index in [9.17, 15) is 9.59 Å². The second kappa shape index (κ2) is 9.72. The highest BCUT2D eigenvalue weighted by Crippen LogP contribution is 2.38. The Hall–Kier alpha value is -3.60. The van der Waals surface area contributed by atoms with Crippen molar-refractivity contribution < 1.29 is 14.3 Å². The van der Waals surface area contributed by atoms with Crippen molar-refractivity contribution in [3.63, 3.8) is 0 Å². The highest BCUT2D eigenvalue weighted by molar-refractivity contribution is 5.95. The van der Waals surface area contributed by atoms with Crippen LogP contribution in [-0.4, -0.2) is 47.9 Å². The van der Waals surface area contributed by atoms with Crippen LogP contribution >= 0.6 is 0 Å². The first-order valence-corrected chi connectivity index (χ1v) is 12.1. The standard InChI is InChI=1S/C29H30N2O3/c1-21-8-7-11-24(18-21)28-26-19-25(34-20-27(32)30-15-5-6-16-30)13-12-22(26)14-17-31(28)29(33)23-9-3-2-4-10-23/h2-4,7-13,18-19,28H,5-6,14-17,20H2,1H3/t28-/m0/s1. The van der Waals surface area contributed by atoms with Crippen LogP contribution in [0, 0.1) is 6.92 Å². The zero-order valence-electron chi connectivity index (χ0n) is 19.6. The predicted octanol–water partition coefficient (Wildman–Crippen LogP) is 4.78. The van der Waals surface area contributed by atoms with E-state index in [-0.39, 0.29) is 24.5 Å². The number of hydrogen-bond acceptors (Lipinski definition) is 3. The molecule has 0 unspecified atom stereocenters. The fourth-order valence-corrected chi connectivity index (χ4v) is 5.05. The number of amides is 2. The van der Waals surface area contributed by atoms with Crippen molar-refractivity contribution in [1.82, 2.24) is 9.80 Å². The molecule has 0 radical (unpaired) electrons. The third kappa shape index (κ3) is 4.56. The fourth-order valence-electron chi connectivity index (χ4n) is 5.05. The summed E-state index contributed by atoms with van der Waals surface area (Å²) >= 11 is 0. The van der Waals surface area contributed by atoms with Crippen LogP contribution in [0.4, 0.5) is 0 Å². The van der Waals surface area contributed by atoms with E-state index in [1.165, 1.54) is 5.56 Å². The number of aryl methyl sites for hydroxylation is 1. The molecule has 5 nitrogen and oxygen atoms in total. The molecule has 0 saturated carbocycles. The normalized spacial score (nSPS) is 17.4. The minimum atomic E-state index is -0.214. The minimum absolute atomic E-state index is 0.0216. The zero-order chi connectivity index (χ0) is 23.5. The lowest BCUT2D eigenvalue weighted by Crippen LogP contribution is -2.40. The van der Waals surface area contributed by atoms with Crippen molar-refractivity contribution in [2.45, 2.75) is 32.2 Å². The minimum Gasteiger partial charge on any atom is -0.484 e. The van der Waals surface area contributed by atoms with Gasteiger partial charge in [-0.3, -0.25) is 9.59 Å². The molecule has 2 heterocycles. The van der Waals surface area contributed by atoms with E-state index in [0.717, 1.165) is 49.0 Å². The van der Waals surface area contributed by atoms with Gasteiger partial charge in [-0.2, -0.15) is 0 Å². The summed E-state index contributed by atoms with van der Waals surface area (Å²) in [6, 6.07) is 23.6. The molecular weight excluding hydrogens is 424 g/mol. The van der Waals surface area contributed by atoms with Crippen LogP contribution in [0.25, 0.3) is 0 Å². The Kier molecular flexibility index (Phi) is 6.35. The Morgan fingerprint density at radius 3 is 2.47 bits per heavy atom. The SMILES string of the molecule is Cc1cccc([C@H]2c3cc(OCC(=O)N4CCCC4)ccc3CCN2C(=O)c2ccccc2)c1. The Labute approximate surface area is 201 Å². The Morgan fingerprint density at radius 1 is 0.912 bits per heavy atom. The molecule has 34 heavy (non-hydrogen) atoms. The summed E-state index contributed by atoms with van der Waals surface area (Å²) in [5.41, 5.74) is 5.19. The van der Waals surface area contributed by atoms with E-state index < -0.39 is 0 Å². The molecule has 0 bridgehead atoms. The summed E-state index contributed by atoms with van der Waals surface area (Å²) in [7, 11) is 0. The van der Waals surface area contributed by atoms with E-state index in [1.54, 1.807) is 0 Å². The lowest BCUT2D eigenvalue weighted by atomic mass is 9.87. The van der Waals surface area contributed by atoms with Crippen molar-refractivity contribution in [2.75, 3.05) is 26.2 Å². The molecule has 0 aliphatic carbocycles. The number of carbonyl (C=O) groups is 2. The van der Waals surface area contributed by atoms with Gasteiger partial charge in [-0.1, -0.05) is 54.1 Å². The van der Waals surface area contributed by atoms with Crippen molar-refractivity contribution in [1.29, 1.82) is 0 Å². The van der Waals surface area contributed by atoms with Gasteiger partial charge in [-0.05, 0) is 67.1 Å². The average Bonchev–Trinajstić information content (AvgIpc) is 3.42. The lowest BCUT2D eigenvalue weighted by molar-refractivity contribution is -0.132. The van der Waals surface area contributed by atoms with E-state index in [2.05, 4.69) is 31.2 Å². The van der Waals surface area contributed by atoms with Gasteiger partial charge in [0.1, 0.15) is 5.75 Å². The fraction of sp³-hybridized carbons (Fsp3) is 0.310. The summed E-state index contributed by atoms with van der Waals surface area (Å²) in [6.45, 7) is 4.39. The molecule has 1 atom stereocenters. The summed E-state index contributed by atoms with van der Waals surface area (Å²) in [5.74, 6) is 0.720.